The van der Waals surface area contributed by atoms with Gasteiger partial charge in [-0.1, -0.05) is 31.2 Å². The Labute approximate surface area is 178 Å². The Bertz CT molecular complexity index is 1060. The number of hydrogen-bond donors (Lipinski definition) is 1. The number of ether oxygens (including phenoxy) is 1. The first-order valence-corrected chi connectivity index (χ1v) is 10.9. The van der Waals surface area contributed by atoms with Crippen molar-refractivity contribution in [2.75, 3.05) is 20.2 Å². The van der Waals surface area contributed by atoms with E-state index in [9.17, 15) is 26.4 Å². The normalized spacial score (nSPS) is 17.5. The van der Waals surface area contributed by atoms with E-state index in [0.29, 0.717) is 23.8 Å². The first-order valence-electron chi connectivity index (χ1n) is 9.50. The van der Waals surface area contributed by atoms with E-state index in [1.54, 1.807) is 31.2 Å². The molecule has 10 heteroatoms. The van der Waals surface area contributed by atoms with Gasteiger partial charge in [-0.05, 0) is 41.3 Å². The van der Waals surface area contributed by atoms with E-state index >= 15 is 0 Å². The highest BCUT2D eigenvalue weighted by Crippen LogP contribution is 2.35. The fourth-order valence-corrected chi connectivity index (χ4v) is 4.36. The Morgan fingerprint density at radius 2 is 1.81 bits per heavy atom. The van der Waals surface area contributed by atoms with Crippen LogP contribution < -0.4 is 0 Å². The van der Waals surface area contributed by atoms with Gasteiger partial charge in [0.05, 0.1) is 29.1 Å². The van der Waals surface area contributed by atoms with Crippen LogP contribution in [0, 0.1) is 5.92 Å². The maximum Gasteiger partial charge on any atom is 0.416 e. The molecule has 0 radical (unpaired) electrons. The molecule has 0 aliphatic carbocycles. The highest BCUT2D eigenvalue weighted by molar-refractivity contribution is 7.89. The summed E-state index contributed by atoms with van der Waals surface area (Å²) in [5, 5.41) is 9.02. The maximum atomic E-state index is 13.5. The highest BCUT2D eigenvalue weighted by atomic mass is 32.2. The number of hydrogen-bond acceptors (Lipinski definition) is 4. The molecule has 1 heterocycles. The predicted octanol–water partition coefficient (Wildman–Crippen LogP) is 3.65. The molecule has 2 aromatic carbocycles. The number of halogens is 3. The van der Waals surface area contributed by atoms with Gasteiger partial charge < -0.3 is 9.84 Å². The van der Waals surface area contributed by atoms with Crippen molar-refractivity contribution in [1.82, 2.24) is 4.31 Å². The zero-order chi connectivity index (χ0) is 23.0. The van der Waals surface area contributed by atoms with Crippen LogP contribution in [0.5, 0.6) is 0 Å². The van der Waals surface area contributed by atoms with Gasteiger partial charge in [-0.3, -0.25) is 4.79 Å². The van der Waals surface area contributed by atoms with E-state index in [1.807, 2.05) is 0 Å². The Kier molecular flexibility index (Phi) is 6.45. The monoisotopic (exact) mass is 457 g/mol. The number of sulfonamides is 1. The highest BCUT2D eigenvalue weighted by Gasteiger charge is 2.35. The second kappa shape index (κ2) is 8.60. The van der Waals surface area contributed by atoms with Crippen molar-refractivity contribution < 1.29 is 36.2 Å². The van der Waals surface area contributed by atoms with Gasteiger partial charge in [0.15, 0.2) is 0 Å². The van der Waals surface area contributed by atoms with Gasteiger partial charge in [-0.15, -0.1) is 0 Å². The summed E-state index contributed by atoms with van der Waals surface area (Å²) in [5.74, 6) is -1.56. The van der Waals surface area contributed by atoms with Crippen molar-refractivity contribution in [3.8, 4) is 11.1 Å². The van der Waals surface area contributed by atoms with Crippen LogP contribution in [-0.2, 0) is 32.2 Å². The topological polar surface area (TPSA) is 87.2 Å². The fourth-order valence-electron chi connectivity index (χ4n) is 3.09. The van der Waals surface area contributed by atoms with Crippen LogP contribution in [0.2, 0.25) is 0 Å². The molecule has 31 heavy (non-hydrogen) atoms. The molecule has 1 aliphatic heterocycles. The number of alkyl halides is 3. The Hall–Kier alpha value is -2.43. The third-order valence-corrected chi connectivity index (χ3v) is 6.86. The van der Waals surface area contributed by atoms with Crippen molar-refractivity contribution >= 4 is 16.0 Å². The molecule has 2 atom stereocenters. The van der Waals surface area contributed by atoms with Crippen LogP contribution in [0.15, 0.2) is 47.4 Å². The van der Waals surface area contributed by atoms with Crippen LogP contribution in [-0.4, -0.2) is 50.1 Å². The van der Waals surface area contributed by atoms with Crippen molar-refractivity contribution in [2.45, 2.75) is 30.5 Å². The molecule has 1 saturated heterocycles. The number of likely N-dealkylation sites (N-methyl/N-ethyl adjacent to an activating group) is 1. The molecule has 2 aromatic rings. The summed E-state index contributed by atoms with van der Waals surface area (Å²) in [6, 6.07) is 9.10. The number of carbonyl (C=O) groups is 1. The maximum absolute atomic E-state index is 13.5. The Morgan fingerprint density at radius 3 is 2.32 bits per heavy atom. The number of aliphatic carboxylic acids is 1. The van der Waals surface area contributed by atoms with Crippen molar-refractivity contribution in [1.29, 1.82) is 0 Å². The van der Waals surface area contributed by atoms with Crippen molar-refractivity contribution in [3.05, 3.63) is 53.6 Å². The van der Waals surface area contributed by atoms with E-state index < -0.39 is 38.5 Å². The molecular formula is C21H22F3NO5S. The van der Waals surface area contributed by atoms with Crippen LogP contribution >= 0.6 is 0 Å². The lowest BCUT2D eigenvalue weighted by molar-refractivity contribution is -0.141. The lowest BCUT2D eigenvalue weighted by atomic mass is 9.97. The molecule has 1 fully saturated rings. The molecule has 0 bridgehead atoms. The summed E-state index contributed by atoms with van der Waals surface area (Å²) < 4.78 is 72.1. The van der Waals surface area contributed by atoms with Gasteiger partial charge in [0.25, 0.3) is 0 Å². The zero-order valence-electron chi connectivity index (χ0n) is 16.9. The van der Waals surface area contributed by atoms with Gasteiger partial charge in [-0.2, -0.15) is 17.5 Å². The predicted molar refractivity (Wildman–Crippen MR) is 107 cm³/mol. The van der Waals surface area contributed by atoms with E-state index in [4.69, 9.17) is 9.84 Å². The molecule has 0 spiro atoms. The molecule has 3 rings (SSSR count). The summed E-state index contributed by atoms with van der Waals surface area (Å²) in [6.07, 6.45) is -4.70. The number of rotatable bonds is 8. The Morgan fingerprint density at radius 1 is 1.19 bits per heavy atom. The molecule has 2 unspecified atom stereocenters. The van der Waals surface area contributed by atoms with E-state index in [0.717, 1.165) is 10.4 Å². The van der Waals surface area contributed by atoms with Crippen LogP contribution in [0.3, 0.4) is 0 Å². The number of benzene rings is 2. The first kappa shape index (κ1) is 23.2. The summed E-state index contributed by atoms with van der Waals surface area (Å²) in [4.78, 5) is 10.6. The number of carboxylic acid groups (broad SMARTS) is 1. The van der Waals surface area contributed by atoms with Crippen molar-refractivity contribution in [3.63, 3.8) is 0 Å². The van der Waals surface area contributed by atoms with Gasteiger partial charge in [0, 0.05) is 13.6 Å². The molecule has 1 N–H and O–H groups in total. The third-order valence-electron chi connectivity index (χ3n) is 5.06. The van der Waals surface area contributed by atoms with Crippen LogP contribution in [0.25, 0.3) is 11.1 Å². The van der Waals surface area contributed by atoms with Crippen LogP contribution in [0.1, 0.15) is 18.1 Å². The van der Waals surface area contributed by atoms with Gasteiger partial charge >= 0.3 is 12.1 Å². The minimum absolute atomic E-state index is 0.0599. The number of carboxylic acids is 1. The lowest BCUT2D eigenvalue weighted by Gasteiger charge is -2.18. The fraction of sp³-hybridized carbons (Fsp3) is 0.381. The van der Waals surface area contributed by atoms with E-state index in [1.165, 1.54) is 13.1 Å². The minimum atomic E-state index is -4.73. The summed E-state index contributed by atoms with van der Waals surface area (Å²) in [7, 11) is -2.85. The summed E-state index contributed by atoms with van der Waals surface area (Å²) in [5.41, 5.74) is 0.135. The SMILES string of the molecule is CC(Cc1ccc(-c2cc(C(F)(F)F)cc(S(=O)(=O)N(C)CC3CO3)c2)cc1)C(=O)O. The van der Waals surface area contributed by atoms with Crippen LogP contribution in [0.4, 0.5) is 13.2 Å². The first-order chi connectivity index (χ1) is 14.4. The quantitative estimate of drug-likeness (QED) is 0.612. The van der Waals surface area contributed by atoms with E-state index in [2.05, 4.69) is 0 Å². The second-order valence-corrected chi connectivity index (χ2v) is 9.67. The van der Waals surface area contributed by atoms with Gasteiger partial charge in [0.1, 0.15) is 0 Å². The molecule has 6 nitrogen and oxygen atoms in total. The largest absolute Gasteiger partial charge is 0.481 e. The smallest absolute Gasteiger partial charge is 0.416 e. The summed E-state index contributed by atoms with van der Waals surface area (Å²) in [6.45, 7) is 2.04. The molecular weight excluding hydrogens is 435 g/mol. The van der Waals surface area contributed by atoms with Gasteiger partial charge in [-0.25, -0.2) is 8.42 Å². The van der Waals surface area contributed by atoms with Gasteiger partial charge in [0.2, 0.25) is 10.0 Å². The average Bonchev–Trinajstić information content (AvgIpc) is 3.51. The summed E-state index contributed by atoms with van der Waals surface area (Å²) >= 11 is 0. The number of nitrogens with zero attached hydrogens (tertiary/aromatic N) is 1. The number of epoxide rings is 1. The minimum Gasteiger partial charge on any atom is -0.481 e. The second-order valence-electron chi connectivity index (χ2n) is 7.63. The zero-order valence-corrected chi connectivity index (χ0v) is 17.7. The lowest BCUT2D eigenvalue weighted by Crippen LogP contribution is -2.30. The molecule has 0 aromatic heterocycles. The van der Waals surface area contributed by atoms with E-state index in [-0.39, 0.29) is 24.6 Å². The van der Waals surface area contributed by atoms with Crippen molar-refractivity contribution in [2.24, 2.45) is 5.92 Å². The molecule has 168 valence electrons. The molecule has 0 saturated carbocycles. The standard InChI is InChI=1S/C21H22F3NO5S/c1-13(20(26)27)7-14-3-5-15(6-4-14)16-8-17(21(22,23)24)10-19(9-16)31(28,29)25(2)11-18-12-30-18/h3-6,8-10,13,18H,7,11-12H2,1-2H3,(H,26,27). The average molecular weight is 457 g/mol. The Balaban J connectivity index is 1.98. The molecule has 0 amide bonds. The third kappa shape index (κ3) is 5.63. The molecule has 1 aliphatic rings.